The van der Waals surface area contributed by atoms with Gasteiger partial charge in [-0.1, -0.05) is 27.7 Å². The van der Waals surface area contributed by atoms with E-state index in [1.165, 1.54) is 32.1 Å². The van der Waals surface area contributed by atoms with Crippen LogP contribution in [0.4, 0.5) is 0 Å². The van der Waals surface area contributed by atoms with Gasteiger partial charge < -0.3 is 0 Å². The molecule has 2 bridgehead atoms. The second kappa shape index (κ2) is 2.74. The SMILES string of the molecule is CC(C)C12CCC(C(C)C)(CC1)C2. The molecule has 0 aromatic rings. The van der Waals surface area contributed by atoms with Crippen molar-refractivity contribution in [2.45, 2.75) is 59.8 Å². The Kier molecular flexibility index (Phi) is 2.02. The highest BCUT2D eigenvalue weighted by atomic mass is 14.6. The molecule has 0 heteroatoms. The van der Waals surface area contributed by atoms with E-state index in [-0.39, 0.29) is 0 Å². The third-order valence-corrected chi connectivity index (χ3v) is 5.40. The van der Waals surface area contributed by atoms with Crippen LogP contribution < -0.4 is 0 Å². The predicted molar refractivity (Wildman–Crippen MR) is 57.6 cm³/mol. The lowest BCUT2D eigenvalue weighted by atomic mass is 9.73. The largest absolute Gasteiger partial charge is 0.0622 e. The molecule has 0 aliphatic heterocycles. The Hall–Kier alpha value is 0. The van der Waals surface area contributed by atoms with Crippen molar-refractivity contribution in [3.8, 4) is 0 Å². The molecular weight excluding hydrogens is 156 g/mol. The van der Waals surface area contributed by atoms with Crippen LogP contribution in [0.2, 0.25) is 0 Å². The fourth-order valence-electron chi connectivity index (χ4n) is 3.86. The van der Waals surface area contributed by atoms with Gasteiger partial charge in [-0.3, -0.25) is 0 Å². The van der Waals surface area contributed by atoms with Crippen molar-refractivity contribution in [2.24, 2.45) is 22.7 Å². The number of hydrogen-bond donors (Lipinski definition) is 0. The van der Waals surface area contributed by atoms with E-state index in [4.69, 9.17) is 0 Å². The lowest BCUT2D eigenvalue weighted by molar-refractivity contribution is 0.189. The summed E-state index contributed by atoms with van der Waals surface area (Å²) in [6.45, 7) is 9.73. The number of rotatable bonds is 2. The van der Waals surface area contributed by atoms with E-state index in [2.05, 4.69) is 27.7 Å². The minimum Gasteiger partial charge on any atom is -0.0622 e. The molecule has 2 fully saturated rings. The average Bonchev–Trinajstić information content (AvgIpc) is 2.61. The molecule has 0 N–H and O–H groups in total. The quantitative estimate of drug-likeness (QED) is 0.596. The highest BCUT2D eigenvalue weighted by molar-refractivity contribution is 5.06. The van der Waals surface area contributed by atoms with E-state index in [1.54, 1.807) is 0 Å². The van der Waals surface area contributed by atoms with E-state index in [0.29, 0.717) is 0 Å². The van der Waals surface area contributed by atoms with Gasteiger partial charge in [0.2, 0.25) is 0 Å². The van der Waals surface area contributed by atoms with Crippen molar-refractivity contribution < 1.29 is 0 Å². The molecule has 2 aliphatic rings. The maximum absolute atomic E-state index is 2.43. The summed E-state index contributed by atoms with van der Waals surface area (Å²) in [6.07, 6.45) is 7.60. The molecule has 0 radical (unpaired) electrons. The van der Waals surface area contributed by atoms with Crippen LogP contribution in [0.1, 0.15) is 59.8 Å². The summed E-state index contributed by atoms with van der Waals surface area (Å²) >= 11 is 0. The average molecular weight is 180 g/mol. The lowest BCUT2D eigenvalue weighted by Crippen LogP contribution is -2.21. The van der Waals surface area contributed by atoms with E-state index in [0.717, 1.165) is 22.7 Å². The zero-order valence-corrected chi connectivity index (χ0v) is 9.69. The van der Waals surface area contributed by atoms with E-state index in [1.807, 2.05) is 0 Å². The topological polar surface area (TPSA) is 0 Å². The second-order valence-corrected chi connectivity index (χ2v) is 6.21. The first-order chi connectivity index (χ1) is 6.01. The number of hydrogen-bond acceptors (Lipinski definition) is 0. The van der Waals surface area contributed by atoms with E-state index >= 15 is 0 Å². The van der Waals surface area contributed by atoms with Gasteiger partial charge >= 0.3 is 0 Å². The molecule has 0 amide bonds. The van der Waals surface area contributed by atoms with Crippen LogP contribution in [0.3, 0.4) is 0 Å². The third kappa shape index (κ3) is 1.17. The van der Waals surface area contributed by atoms with Gasteiger partial charge in [0, 0.05) is 0 Å². The highest BCUT2D eigenvalue weighted by Crippen LogP contribution is 2.66. The second-order valence-electron chi connectivity index (χ2n) is 6.21. The van der Waals surface area contributed by atoms with Crippen molar-refractivity contribution in [1.82, 2.24) is 0 Å². The first-order valence-electron chi connectivity index (χ1n) is 6.01. The maximum atomic E-state index is 2.43. The Morgan fingerprint density at radius 1 is 0.692 bits per heavy atom. The van der Waals surface area contributed by atoms with Crippen LogP contribution in [0.15, 0.2) is 0 Å². The zero-order chi connectivity index (χ0) is 9.69. The van der Waals surface area contributed by atoms with Crippen LogP contribution in [-0.2, 0) is 0 Å². The number of fused-ring (bicyclic) bond motifs is 2. The molecule has 2 saturated carbocycles. The summed E-state index contributed by atoms with van der Waals surface area (Å²) in [4.78, 5) is 0. The molecule has 0 nitrogen and oxygen atoms in total. The first-order valence-corrected chi connectivity index (χ1v) is 6.01. The summed E-state index contributed by atoms with van der Waals surface area (Å²) in [6, 6.07) is 0. The molecule has 0 atom stereocenters. The van der Waals surface area contributed by atoms with Gasteiger partial charge in [-0.15, -0.1) is 0 Å². The first kappa shape index (κ1) is 9.55. The summed E-state index contributed by atoms with van der Waals surface area (Å²) in [7, 11) is 0. The monoisotopic (exact) mass is 180 g/mol. The standard InChI is InChI=1S/C13H24/c1-10(2)12-5-7-13(9-12,8-6-12)11(3)4/h10-11H,5-9H2,1-4H3. The summed E-state index contributed by atoms with van der Waals surface area (Å²) < 4.78 is 0. The Morgan fingerprint density at radius 2 is 1.00 bits per heavy atom. The molecule has 2 rings (SSSR count). The molecule has 2 aliphatic carbocycles. The van der Waals surface area contributed by atoms with Gasteiger partial charge in [-0.05, 0) is 54.8 Å². The normalized spacial score (nSPS) is 43.8. The fraction of sp³-hybridized carbons (Fsp3) is 1.00. The van der Waals surface area contributed by atoms with Gasteiger partial charge in [-0.2, -0.15) is 0 Å². The molecule has 0 aromatic carbocycles. The van der Waals surface area contributed by atoms with Gasteiger partial charge in [0.1, 0.15) is 0 Å². The van der Waals surface area contributed by atoms with Crippen molar-refractivity contribution >= 4 is 0 Å². The molecule has 0 unspecified atom stereocenters. The van der Waals surface area contributed by atoms with Gasteiger partial charge in [0.25, 0.3) is 0 Å². The fourth-order valence-corrected chi connectivity index (χ4v) is 3.86. The molecule has 0 heterocycles. The minimum absolute atomic E-state index is 0.754. The Labute approximate surface area is 83.1 Å². The smallest absolute Gasteiger partial charge is 0.0269 e. The van der Waals surface area contributed by atoms with Crippen LogP contribution in [0.5, 0.6) is 0 Å². The third-order valence-electron chi connectivity index (χ3n) is 5.40. The van der Waals surface area contributed by atoms with Gasteiger partial charge in [0.15, 0.2) is 0 Å². The van der Waals surface area contributed by atoms with E-state index < -0.39 is 0 Å². The summed E-state index contributed by atoms with van der Waals surface area (Å²) in [5.41, 5.74) is 1.51. The van der Waals surface area contributed by atoms with Gasteiger partial charge in [0.05, 0.1) is 0 Å². The van der Waals surface area contributed by atoms with Gasteiger partial charge in [-0.25, -0.2) is 0 Å². The molecule has 13 heavy (non-hydrogen) atoms. The summed E-state index contributed by atoms with van der Waals surface area (Å²) in [5, 5.41) is 0. The highest BCUT2D eigenvalue weighted by Gasteiger charge is 2.55. The van der Waals surface area contributed by atoms with Crippen molar-refractivity contribution in [3.05, 3.63) is 0 Å². The van der Waals surface area contributed by atoms with Crippen LogP contribution >= 0.6 is 0 Å². The van der Waals surface area contributed by atoms with Crippen molar-refractivity contribution in [3.63, 3.8) is 0 Å². The Balaban J connectivity index is 2.19. The lowest BCUT2D eigenvalue weighted by Gasteiger charge is -2.32. The van der Waals surface area contributed by atoms with Crippen LogP contribution in [-0.4, -0.2) is 0 Å². The minimum atomic E-state index is 0.754. The van der Waals surface area contributed by atoms with Crippen LogP contribution in [0, 0.1) is 22.7 Å². The van der Waals surface area contributed by atoms with Crippen molar-refractivity contribution in [1.29, 1.82) is 0 Å². The van der Waals surface area contributed by atoms with Crippen molar-refractivity contribution in [2.75, 3.05) is 0 Å². The zero-order valence-electron chi connectivity index (χ0n) is 9.69. The molecular formula is C13H24. The predicted octanol–water partition coefficient (Wildman–Crippen LogP) is 4.25. The van der Waals surface area contributed by atoms with E-state index in [9.17, 15) is 0 Å². The maximum Gasteiger partial charge on any atom is -0.0269 e. The molecule has 0 spiro atoms. The molecule has 0 saturated heterocycles. The molecule has 0 aromatic heterocycles. The summed E-state index contributed by atoms with van der Waals surface area (Å²) in [5.74, 6) is 1.83. The Morgan fingerprint density at radius 3 is 1.15 bits per heavy atom. The molecule has 76 valence electrons. The Bertz CT molecular complexity index is 170. The van der Waals surface area contributed by atoms with Crippen LogP contribution in [0.25, 0.3) is 0 Å².